The van der Waals surface area contributed by atoms with Gasteiger partial charge in [0.2, 0.25) is 5.91 Å². The number of esters is 1. The highest BCUT2D eigenvalue weighted by Gasteiger charge is 2.30. The van der Waals surface area contributed by atoms with Crippen molar-refractivity contribution >= 4 is 35.3 Å². The summed E-state index contributed by atoms with van der Waals surface area (Å²) in [5.41, 5.74) is 3.85. The van der Waals surface area contributed by atoms with Crippen molar-refractivity contribution in [2.75, 3.05) is 41.7 Å². The Morgan fingerprint density at radius 1 is 1.16 bits per heavy atom. The van der Waals surface area contributed by atoms with E-state index in [0.717, 1.165) is 55.8 Å². The van der Waals surface area contributed by atoms with Crippen LogP contribution < -0.4 is 25.4 Å². The van der Waals surface area contributed by atoms with Crippen molar-refractivity contribution in [2.45, 2.75) is 77.5 Å². The van der Waals surface area contributed by atoms with Crippen molar-refractivity contribution < 1.29 is 18.9 Å². The Kier molecular flexibility index (Phi) is 10.3. The molecular weight excluding hydrogens is 566 g/mol. The number of hydrogen-bond acceptors (Lipinski definition) is 8. The van der Waals surface area contributed by atoms with Crippen LogP contribution in [0.15, 0.2) is 61.2 Å². The molecule has 4 heterocycles. The van der Waals surface area contributed by atoms with E-state index in [-0.39, 0.29) is 12.5 Å². The lowest BCUT2D eigenvalue weighted by Gasteiger charge is -2.32. The first-order valence-corrected chi connectivity index (χ1v) is 16.1. The summed E-state index contributed by atoms with van der Waals surface area (Å²) in [7, 11) is 0. The molecule has 0 bridgehead atoms. The molecule has 2 aliphatic heterocycles. The first-order valence-electron chi connectivity index (χ1n) is 16.1. The maximum Gasteiger partial charge on any atom is 0.331 e. The van der Waals surface area contributed by atoms with Crippen LogP contribution in [0.2, 0.25) is 0 Å². The van der Waals surface area contributed by atoms with Gasteiger partial charge in [0, 0.05) is 56.7 Å². The van der Waals surface area contributed by atoms with Gasteiger partial charge in [0.1, 0.15) is 35.3 Å². The zero-order valence-corrected chi connectivity index (χ0v) is 26.9. The fourth-order valence-electron chi connectivity index (χ4n) is 5.90. The fraction of sp³-hybridized carbons (Fsp3) is 0.457. The molecule has 45 heavy (non-hydrogen) atoms. The summed E-state index contributed by atoms with van der Waals surface area (Å²) in [6.07, 6.45) is 14.3. The molecule has 0 spiro atoms. The van der Waals surface area contributed by atoms with Gasteiger partial charge in [-0.3, -0.25) is 4.79 Å². The number of ether oxygens (including phenoxy) is 1. The van der Waals surface area contributed by atoms with Crippen LogP contribution in [0.4, 0.5) is 17.3 Å². The number of pyridine rings is 1. The summed E-state index contributed by atoms with van der Waals surface area (Å²) >= 11 is 0. The molecule has 3 aromatic rings. The van der Waals surface area contributed by atoms with Crippen LogP contribution in [-0.4, -0.2) is 59.7 Å². The van der Waals surface area contributed by atoms with Crippen molar-refractivity contribution in [3.05, 3.63) is 77.9 Å². The molecule has 3 N–H and O–H groups in total. The standard InChI is InChI=1S/C35H45N7O3/c1-5-28-32(37-22-29(34(44)45-35(2,3)4)40-31(43)14-13-25-10-7-6-8-11-25)38-24-39-33(28)41-20-16-27(17-21-41)42-19-15-26-12-9-18-36-30(26)23-42/h6-8,10-11,13-15,19,23-24,27,29,36H,5,9,12,16-18,20-22H2,1-4H3,(H-,37,38,39,40,43)/p+1/t29-/m0/s1. The van der Waals surface area contributed by atoms with Crippen molar-refractivity contribution in [3.8, 4) is 0 Å². The van der Waals surface area contributed by atoms with E-state index in [9.17, 15) is 9.59 Å². The van der Waals surface area contributed by atoms with Gasteiger partial charge in [-0.05, 0) is 57.2 Å². The predicted octanol–water partition coefficient (Wildman–Crippen LogP) is 4.48. The van der Waals surface area contributed by atoms with Crippen molar-refractivity contribution in [2.24, 2.45) is 0 Å². The smallest absolute Gasteiger partial charge is 0.331 e. The van der Waals surface area contributed by atoms with E-state index in [1.165, 1.54) is 23.7 Å². The Balaban J connectivity index is 1.25. The molecule has 0 aliphatic carbocycles. The van der Waals surface area contributed by atoms with E-state index in [1.807, 2.05) is 51.1 Å². The molecule has 2 aliphatic rings. The minimum Gasteiger partial charge on any atom is -0.458 e. The Bertz CT molecular complexity index is 1490. The second-order valence-electron chi connectivity index (χ2n) is 12.7. The number of amides is 1. The number of piperidine rings is 1. The molecule has 5 rings (SSSR count). The lowest BCUT2D eigenvalue weighted by molar-refractivity contribution is -0.724. The molecular formula is C35H46N7O3+. The van der Waals surface area contributed by atoms with E-state index in [1.54, 1.807) is 12.4 Å². The zero-order chi connectivity index (χ0) is 31.8. The van der Waals surface area contributed by atoms with Gasteiger partial charge in [0.15, 0.2) is 18.4 Å². The highest BCUT2D eigenvalue weighted by atomic mass is 16.6. The van der Waals surface area contributed by atoms with Gasteiger partial charge in [0.25, 0.3) is 0 Å². The van der Waals surface area contributed by atoms with Gasteiger partial charge in [-0.25, -0.2) is 19.3 Å². The molecule has 1 fully saturated rings. The number of rotatable bonds is 10. The van der Waals surface area contributed by atoms with E-state index < -0.39 is 17.6 Å². The maximum atomic E-state index is 13.1. The summed E-state index contributed by atoms with van der Waals surface area (Å²) in [5.74, 6) is 0.670. The number of hydrogen-bond donors (Lipinski definition) is 3. The van der Waals surface area contributed by atoms with E-state index in [2.05, 4.69) is 60.8 Å². The van der Waals surface area contributed by atoms with Gasteiger partial charge in [0.05, 0.1) is 0 Å². The molecule has 1 atom stereocenters. The minimum absolute atomic E-state index is 0.119. The van der Waals surface area contributed by atoms with E-state index in [4.69, 9.17) is 4.74 Å². The molecule has 0 unspecified atom stereocenters. The second-order valence-corrected chi connectivity index (χ2v) is 12.7. The van der Waals surface area contributed by atoms with Gasteiger partial charge < -0.3 is 25.6 Å². The average Bonchev–Trinajstić information content (AvgIpc) is 3.05. The maximum absolute atomic E-state index is 13.1. The van der Waals surface area contributed by atoms with E-state index >= 15 is 0 Å². The topological polar surface area (TPSA) is 112 Å². The number of benzene rings is 1. The van der Waals surface area contributed by atoms with E-state index in [0.29, 0.717) is 18.3 Å². The number of aryl methyl sites for hydroxylation is 1. The third kappa shape index (κ3) is 8.59. The lowest BCUT2D eigenvalue weighted by Crippen LogP contribution is -2.48. The molecule has 1 aromatic carbocycles. The van der Waals surface area contributed by atoms with Crippen LogP contribution in [0.3, 0.4) is 0 Å². The number of anilines is 3. The zero-order valence-electron chi connectivity index (χ0n) is 26.9. The SMILES string of the molecule is CCc1c(NC[C@H](NC(=O)C=Cc2ccccc2)C(=O)OC(C)(C)C)ncnc1N1CCC([n+]2ccc3c(c2)NCCC3)CC1. The highest BCUT2D eigenvalue weighted by Crippen LogP contribution is 2.29. The second kappa shape index (κ2) is 14.5. The van der Waals surface area contributed by atoms with Crippen LogP contribution in [0.5, 0.6) is 0 Å². The Morgan fingerprint density at radius 2 is 1.93 bits per heavy atom. The third-order valence-corrected chi connectivity index (χ3v) is 8.18. The molecule has 238 valence electrons. The molecule has 10 heteroatoms. The summed E-state index contributed by atoms with van der Waals surface area (Å²) in [6, 6.07) is 11.3. The van der Waals surface area contributed by atoms with Gasteiger partial charge in [-0.2, -0.15) is 0 Å². The molecule has 1 amide bonds. The number of fused-ring (bicyclic) bond motifs is 1. The summed E-state index contributed by atoms with van der Waals surface area (Å²) < 4.78 is 8.00. The predicted molar refractivity (Wildman–Crippen MR) is 177 cm³/mol. The monoisotopic (exact) mass is 612 g/mol. The number of carbonyl (C=O) groups excluding carboxylic acids is 2. The first-order chi connectivity index (χ1) is 21.7. The van der Waals surface area contributed by atoms with Crippen LogP contribution >= 0.6 is 0 Å². The summed E-state index contributed by atoms with van der Waals surface area (Å²) in [4.78, 5) is 37.5. The largest absolute Gasteiger partial charge is 0.458 e. The first kappa shape index (κ1) is 31.9. The van der Waals surface area contributed by atoms with Gasteiger partial charge >= 0.3 is 5.97 Å². The number of nitrogens with one attached hydrogen (secondary N) is 3. The highest BCUT2D eigenvalue weighted by molar-refractivity contribution is 5.94. The third-order valence-electron chi connectivity index (χ3n) is 8.18. The van der Waals surface area contributed by atoms with Crippen molar-refractivity contribution in [1.29, 1.82) is 0 Å². The molecule has 2 aromatic heterocycles. The molecule has 0 saturated carbocycles. The van der Waals surface area contributed by atoms with Crippen LogP contribution in [0.1, 0.15) is 69.7 Å². The van der Waals surface area contributed by atoms with Crippen molar-refractivity contribution in [1.82, 2.24) is 15.3 Å². The summed E-state index contributed by atoms with van der Waals surface area (Å²) in [6.45, 7) is 10.4. The van der Waals surface area contributed by atoms with Gasteiger partial charge in [-0.1, -0.05) is 37.3 Å². The Morgan fingerprint density at radius 3 is 2.67 bits per heavy atom. The van der Waals surface area contributed by atoms with Gasteiger partial charge in [-0.15, -0.1) is 0 Å². The average molecular weight is 613 g/mol. The van der Waals surface area contributed by atoms with Crippen molar-refractivity contribution in [3.63, 3.8) is 0 Å². The molecule has 0 radical (unpaired) electrons. The minimum atomic E-state index is -0.917. The Hall–Kier alpha value is -4.47. The number of aromatic nitrogens is 3. The van der Waals surface area contributed by atoms with Crippen LogP contribution in [0.25, 0.3) is 6.08 Å². The lowest BCUT2D eigenvalue weighted by atomic mass is 10.0. The fourth-order valence-corrected chi connectivity index (χ4v) is 5.90. The number of nitrogens with zero attached hydrogens (tertiary/aromatic N) is 4. The van der Waals surface area contributed by atoms with Crippen LogP contribution in [-0.2, 0) is 27.2 Å². The number of carbonyl (C=O) groups is 2. The summed E-state index contributed by atoms with van der Waals surface area (Å²) in [5, 5.41) is 9.68. The normalized spacial score (nSPS) is 16.0. The molecule has 10 nitrogen and oxygen atoms in total. The van der Waals surface area contributed by atoms with Crippen LogP contribution in [0, 0.1) is 0 Å². The Labute approximate surface area is 266 Å². The quantitative estimate of drug-likeness (QED) is 0.175. The molecule has 1 saturated heterocycles.